The Labute approximate surface area is 114 Å². The van der Waals surface area contributed by atoms with Gasteiger partial charge in [-0.25, -0.2) is 4.98 Å². The molecule has 1 heterocycles. The van der Waals surface area contributed by atoms with Gasteiger partial charge in [0.1, 0.15) is 0 Å². The SMILES string of the molecule is CC(CCNC(=O)c1ccc2nc[nH]c2c1)S(C)=O. The second-order valence-electron chi connectivity index (χ2n) is 4.49. The van der Waals surface area contributed by atoms with Crippen molar-refractivity contribution in [3.8, 4) is 0 Å². The van der Waals surface area contributed by atoms with E-state index in [0.29, 0.717) is 18.5 Å². The van der Waals surface area contributed by atoms with E-state index in [1.165, 1.54) is 0 Å². The number of carbonyl (C=O) groups is 1. The average Bonchev–Trinajstić information content (AvgIpc) is 2.85. The van der Waals surface area contributed by atoms with Crippen molar-refractivity contribution in [2.24, 2.45) is 0 Å². The number of hydrogen-bond donors (Lipinski definition) is 2. The van der Waals surface area contributed by atoms with E-state index in [2.05, 4.69) is 15.3 Å². The Morgan fingerprint density at radius 2 is 2.32 bits per heavy atom. The van der Waals surface area contributed by atoms with E-state index in [-0.39, 0.29) is 11.2 Å². The van der Waals surface area contributed by atoms with Crippen LogP contribution >= 0.6 is 0 Å². The summed E-state index contributed by atoms with van der Waals surface area (Å²) >= 11 is 0. The molecule has 0 aliphatic heterocycles. The molecule has 2 N–H and O–H groups in total. The monoisotopic (exact) mass is 279 g/mol. The van der Waals surface area contributed by atoms with Crippen LogP contribution in [0, 0.1) is 0 Å². The third-order valence-electron chi connectivity index (χ3n) is 3.09. The summed E-state index contributed by atoms with van der Waals surface area (Å²) in [5.41, 5.74) is 2.28. The fourth-order valence-electron chi connectivity index (χ4n) is 1.73. The van der Waals surface area contributed by atoms with Crippen molar-refractivity contribution < 1.29 is 9.00 Å². The van der Waals surface area contributed by atoms with Gasteiger partial charge in [-0.1, -0.05) is 6.92 Å². The molecule has 0 aliphatic carbocycles. The Kier molecular flexibility index (Phi) is 4.31. The van der Waals surface area contributed by atoms with Crippen LogP contribution in [0.4, 0.5) is 0 Å². The molecule has 0 bridgehead atoms. The standard InChI is InChI=1S/C13H17N3O2S/c1-9(19(2)18)5-6-14-13(17)10-3-4-11-12(7-10)16-8-15-11/h3-4,7-9H,5-6H2,1-2H3,(H,14,17)(H,15,16). The van der Waals surface area contributed by atoms with Gasteiger partial charge in [-0.2, -0.15) is 0 Å². The zero-order valence-electron chi connectivity index (χ0n) is 11.0. The first kappa shape index (κ1) is 13.7. The topological polar surface area (TPSA) is 74.8 Å². The molecule has 0 fully saturated rings. The minimum atomic E-state index is -0.847. The average molecular weight is 279 g/mol. The van der Waals surface area contributed by atoms with Crippen molar-refractivity contribution in [1.82, 2.24) is 15.3 Å². The molecular formula is C13H17N3O2S. The Hall–Kier alpha value is -1.69. The summed E-state index contributed by atoms with van der Waals surface area (Å²) in [4.78, 5) is 19.0. The summed E-state index contributed by atoms with van der Waals surface area (Å²) in [6.07, 6.45) is 3.99. The van der Waals surface area contributed by atoms with Crippen LogP contribution in [0.1, 0.15) is 23.7 Å². The van der Waals surface area contributed by atoms with Crippen LogP contribution in [0.25, 0.3) is 11.0 Å². The van der Waals surface area contributed by atoms with Crippen molar-refractivity contribution in [2.75, 3.05) is 12.8 Å². The maximum Gasteiger partial charge on any atom is 0.251 e. The number of benzene rings is 1. The quantitative estimate of drug-likeness (QED) is 0.870. The normalized spacial score (nSPS) is 14.2. The molecular weight excluding hydrogens is 262 g/mol. The first-order valence-corrected chi connectivity index (χ1v) is 7.73. The highest BCUT2D eigenvalue weighted by atomic mass is 32.2. The fourth-order valence-corrected chi connectivity index (χ4v) is 2.18. The first-order valence-electron chi connectivity index (χ1n) is 6.11. The highest BCUT2D eigenvalue weighted by Crippen LogP contribution is 2.11. The molecule has 0 radical (unpaired) electrons. The predicted octanol–water partition coefficient (Wildman–Crippen LogP) is 1.45. The largest absolute Gasteiger partial charge is 0.352 e. The van der Waals surface area contributed by atoms with E-state index >= 15 is 0 Å². The Morgan fingerprint density at radius 1 is 1.53 bits per heavy atom. The predicted molar refractivity (Wildman–Crippen MR) is 76.6 cm³/mol. The minimum Gasteiger partial charge on any atom is -0.352 e. The number of H-pyrrole nitrogens is 1. The van der Waals surface area contributed by atoms with E-state index in [1.807, 2.05) is 13.0 Å². The van der Waals surface area contributed by atoms with Gasteiger partial charge in [0.05, 0.1) is 17.4 Å². The maximum absolute atomic E-state index is 11.9. The lowest BCUT2D eigenvalue weighted by molar-refractivity contribution is 0.0953. The first-order chi connectivity index (χ1) is 9.08. The summed E-state index contributed by atoms with van der Waals surface area (Å²) in [7, 11) is -0.847. The molecule has 1 aromatic carbocycles. The molecule has 2 unspecified atom stereocenters. The van der Waals surface area contributed by atoms with Crippen LogP contribution in [-0.2, 0) is 10.8 Å². The van der Waals surface area contributed by atoms with Gasteiger partial charge in [-0.15, -0.1) is 0 Å². The highest BCUT2D eigenvalue weighted by Gasteiger charge is 2.09. The smallest absolute Gasteiger partial charge is 0.251 e. The number of rotatable bonds is 5. The van der Waals surface area contributed by atoms with Crippen LogP contribution in [0.5, 0.6) is 0 Å². The van der Waals surface area contributed by atoms with Crippen molar-refractivity contribution >= 4 is 27.7 Å². The van der Waals surface area contributed by atoms with Gasteiger partial charge in [0, 0.05) is 34.4 Å². The van der Waals surface area contributed by atoms with E-state index < -0.39 is 10.8 Å². The molecule has 19 heavy (non-hydrogen) atoms. The maximum atomic E-state index is 11.9. The molecule has 0 saturated heterocycles. The van der Waals surface area contributed by atoms with Gasteiger partial charge < -0.3 is 10.3 Å². The number of aromatic amines is 1. The zero-order valence-corrected chi connectivity index (χ0v) is 11.8. The minimum absolute atomic E-state index is 0.0930. The summed E-state index contributed by atoms with van der Waals surface area (Å²) in [5.74, 6) is -0.120. The van der Waals surface area contributed by atoms with Crippen LogP contribution in [0.2, 0.25) is 0 Å². The number of aromatic nitrogens is 2. The number of nitrogens with one attached hydrogen (secondary N) is 2. The molecule has 1 aromatic heterocycles. The lowest BCUT2D eigenvalue weighted by atomic mass is 10.2. The second kappa shape index (κ2) is 5.97. The summed E-state index contributed by atoms with van der Waals surface area (Å²) in [5, 5.41) is 2.93. The second-order valence-corrected chi connectivity index (χ2v) is 6.29. The van der Waals surface area contributed by atoms with Crippen molar-refractivity contribution in [2.45, 2.75) is 18.6 Å². The number of amides is 1. The van der Waals surface area contributed by atoms with Crippen molar-refractivity contribution in [3.63, 3.8) is 0 Å². The van der Waals surface area contributed by atoms with Gasteiger partial charge >= 0.3 is 0 Å². The van der Waals surface area contributed by atoms with Crippen LogP contribution < -0.4 is 5.32 Å². The Bertz CT molecular complexity index is 609. The van der Waals surface area contributed by atoms with Crippen molar-refractivity contribution in [1.29, 1.82) is 0 Å². The number of nitrogens with zero attached hydrogens (tertiary/aromatic N) is 1. The lowest BCUT2D eigenvalue weighted by Gasteiger charge is -2.09. The number of hydrogen-bond acceptors (Lipinski definition) is 3. The number of carbonyl (C=O) groups excluding carboxylic acids is 1. The van der Waals surface area contributed by atoms with Gasteiger partial charge in [-0.05, 0) is 24.6 Å². The van der Waals surface area contributed by atoms with E-state index in [1.54, 1.807) is 24.7 Å². The Balaban J connectivity index is 1.94. The number of fused-ring (bicyclic) bond motifs is 1. The molecule has 1 amide bonds. The third kappa shape index (κ3) is 3.41. The van der Waals surface area contributed by atoms with E-state index in [9.17, 15) is 9.00 Å². The molecule has 102 valence electrons. The molecule has 5 nitrogen and oxygen atoms in total. The fraction of sp³-hybridized carbons (Fsp3) is 0.385. The van der Waals surface area contributed by atoms with Gasteiger partial charge in [0.25, 0.3) is 5.91 Å². The van der Waals surface area contributed by atoms with E-state index in [4.69, 9.17) is 0 Å². The van der Waals surface area contributed by atoms with Crippen LogP contribution in [0.3, 0.4) is 0 Å². The summed E-state index contributed by atoms with van der Waals surface area (Å²) in [6.45, 7) is 2.44. The van der Waals surface area contributed by atoms with Crippen LogP contribution in [0.15, 0.2) is 24.5 Å². The van der Waals surface area contributed by atoms with Gasteiger partial charge in [-0.3, -0.25) is 9.00 Å². The third-order valence-corrected chi connectivity index (χ3v) is 4.45. The van der Waals surface area contributed by atoms with Gasteiger partial charge in [0.15, 0.2) is 0 Å². The zero-order chi connectivity index (χ0) is 13.8. The molecule has 0 aliphatic rings. The molecule has 2 atom stereocenters. The van der Waals surface area contributed by atoms with Crippen molar-refractivity contribution in [3.05, 3.63) is 30.1 Å². The lowest BCUT2D eigenvalue weighted by Crippen LogP contribution is -2.27. The molecule has 0 spiro atoms. The van der Waals surface area contributed by atoms with E-state index in [0.717, 1.165) is 11.0 Å². The highest BCUT2D eigenvalue weighted by molar-refractivity contribution is 7.84. The van der Waals surface area contributed by atoms with Crippen LogP contribution in [-0.4, -0.2) is 38.1 Å². The van der Waals surface area contributed by atoms with Gasteiger partial charge in [0.2, 0.25) is 0 Å². The molecule has 6 heteroatoms. The molecule has 0 saturated carbocycles. The molecule has 2 aromatic rings. The molecule has 2 rings (SSSR count). The number of imidazole rings is 1. The summed E-state index contributed by atoms with van der Waals surface area (Å²) < 4.78 is 11.2. The summed E-state index contributed by atoms with van der Waals surface area (Å²) in [6, 6.07) is 5.34. The Morgan fingerprint density at radius 3 is 3.05 bits per heavy atom.